The minimum Gasteiger partial charge on any atom is -0.481 e. The van der Waals surface area contributed by atoms with E-state index in [1.165, 1.54) is 17.8 Å². The van der Waals surface area contributed by atoms with Crippen LogP contribution in [-0.4, -0.2) is 33.8 Å². The summed E-state index contributed by atoms with van der Waals surface area (Å²) in [4.78, 5) is 23.0. The molecule has 94 valence electrons. The highest BCUT2D eigenvalue weighted by molar-refractivity contribution is 8.08. The summed E-state index contributed by atoms with van der Waals surface area (Å²) in [5.74, 6) is -0.756. The van der Waals surface area contributed by atoms with Crippen molar-refractivity contribution in [2.24, 2.45) is 0 Å². The quantitative estimate of drug-likeness (QED) is 0.867. The number of hydrogen-bond donors (Lipinski definition) is 2. The number of carbonyl (C=O) groups excluding carboxylic acids is 1. The van der Waals surface area contributed by atoms with Crippen molar-refractivity contribution >= 4 is 28.4 Å². The van der Waals surface area contributed by atoms with E-state index in [0.29, 0.717) is 11.3 Å². The van der Waals surface area contributed by atoms with Crippen LogP contribution in [0.2, 0.25) is 0 Å². The lowest BCUT2D eigenvalue weighted by molar-refractivity contribution is -0.136. The van der Waals surface area contributed by atoms with Gasteiger partial charge >= 0.3 is 5.97 Å². The molecule has 0 bridgehead atoms. The van der Waals surface area contributed by atoms with E-state index < -0.39 is 12.1 Å². The van der Waals surface area contributed by atoms with Crippen LogP contribution < -0.4 is 0 Å². The molecule has 1 aromatic rings. The standard InChI is InChI=1S/C13H12O4S/c14-10-7-11(18-6-5-12(15)16)8-3-1-2-4-9(8)13(10)17/h1-4,7,10,14H,5-6H2,(H,15,16). The van der Waals surface area contributed by atoms with Crippen molar-refractivity contribution < 1.29 is 19.8 Å². The number of aliphatic hydroxyl groups excluding tert-OH is 1. The number of carboxylic acid groups (broad SMARTS) is 1. The van der Waals surface area contributed by atoms with Crippen LogP contribution in [0.5, 0.6) is 0 Å². The number of carbonyl (C=O) groups is 2. The fourth-order valence-corrected chi connectivity index (χ4v) is 2.81. The second kappa shape index (κ2) is 5.37. The van der Waals surface area contributed by atoms with Crippen LogP contribution in [0, 0.1) is 0 Å². The zero-order valence-corrected chi connectivity index (χ0v) is 10.3. The number of rotatable bonds is 4. The van der Waals surface area contributed by atoms with Gasteiger partial charge in [-0.25, -0.2) is 0 Å². The lowest BCUT2D eigenvalue weighted by atomic mass is 9.94. The van der Waals surface area contributed by atoms with Crippen LogP contribution in [0.15, 0.2) is 30.3 Å². The lowest BCUT2D eigenvalue weighted by Gasteiger charge is -2.19. The van der Waals surface area contributed by atoms with Gasteiger partial charge in [0.2, 0.25) is 0 Å². The first-order valence-electron chi connectivity index (χ1n) is 5.47. The molecule has 0 saturated heterocycles. The molecule has 0 amide bonds. The Hall–Kier alpha value is -1.59. The van der Waals surface area contributed by atoms with Crippen molar-refractivity contribution in [2.75, 3.05) is 5.75 Å². The predicted molar refractivity (Wildman–Crippen MR) is 69.5 cm³/mol. The van der Waals surface area contributed by atoms with Gasteiger partial charge in [-0.05, 0) is 11.6 Å². The third kappa shape index (κ3) is 2.63. The lowest BCUT2D eigenvalue weighted by Crippen LogP contribution is -2.23. The van der Waals surface area contributed by atoms with E-state index in [2.05, 4.69) is 0 Å². The summed E-state index contributed by atoms with van der Waals surface area (Å²) < 4.78 is 0. The number of ketones is 1. The minimum atomic E-state index is -1.13. The molecule has 5 heteroatoms. The zero-order chi connectivity index (χ0) is 13.1. The largest absolute Gasteiger partial charge is 0.481 e. The van der Waals surface area contributed by atoms with Crippen molar-refractivity contribution in [1.29, 1.82) is 0 Å². The first kappa shape index (κ1) is 12.9. The molecule has 1 unspecified atom stereocenters. The number of benzene rings is 1. The number of Topliss-reactive ketones (excluding diaryl/α,β-unsaturated/α-hetero) is 1. The van der Waals surface area contributed by atoms with Crippen molar-refractivity contribution in [3.63, 3.8) is 0 Å². The van der Waals surface area contributed by atoms with Gasteiger partial charge in [0.05, 0.1) is 6.42 Å². The number of aliphatic hydroxyl groups is 1. The Morgan fingerprint density at radius 1 is 1.28 bits per heavy atom. The third-order valence-corrected chi connectivity index (χ3v) is 3.68. The number of fused-ring (bicyclic) bond motifs is 1. The van der Waals surface area contributed by atoms with E-state index >= 15 is 0 Å². The van der Waals surface area contributed by atoms with Crippen molar-refractivity contribution in [2.45, 2.75) is 12.5 Å². The van der Waals surface area contributed by atoms with Gasteiger partial charge in [-0.3, -0.25) is 9.59 Å². The number of carboxylic acids is 1. The van der Waals surface area contributed by atoms with E-state index in [9.17, 15) is 14.7 Å². The Morgan fingerprint density at radius 3 is 2.61 bits per heavy atom. The van der Waals surface area contributed by atoms with Crippen LogP contribution in [-0.2, 0) is 4.79 Å². The number of aliphatic carboxylic acids is 1. The smallest absolute Gasteiger partial charge is 0.304 e. The first-order chi connectivity index (χ1) is 8.59. The molecule has 1 aliphatic rings. The van der Waals surface area contributed by atoms with Gasteiger partial charge in [0.1, 0.15) is 6.10 Å². The molecule has 0 spiro atoms. The fourth-order valence-electron chi connectivity index (χ4n) is 1.76. The van der Waals surface area contributed by atoms with Gasteiger partial charge in [0, 0.05) is 16.2 Å². The summed E-state index contributed by atoms with van der Waals surface area (Å²) >= 11 is 1.34. The summed E-state index contributed by atoms with van der Waals surface area (Å²) in [6.45, 7) is 0. The van der Waals surface area contributed by atoms with E-state index in [1.54, 1.807) is 18.2 Å². The van der Waals surface area contributed by atoms with E-state index in [0.717, 1.165) is 10.5 Å². The molecule has 0 aromatic heterocycles. The summed E-state index contributed by atoms with van der Waals surface area (Å²) in [7, 11) is 0. The van der Waals surface area contributed by atoms with Gasteiger partial charge in [-0.2, -0.15) is 0 Å². The molecule has 0 aliphatic heterocycles. The normalized spacial score (nSPS) is 18.2. The highest BCUT2D eigenvalue weighted by Gasteiger charge is 2.25. The van der Waals surface area contributed by atoms with E-state index in [-0.39, 0.29) is 12.2 Å². The van der Waals surface area contributed by atoms with Gasteiger partial charge in [-0.15, -0.1) is 11.8 Å². The monoisotopic (exact) mass is 264 g/mol. The Kier molecular flexibility index (Phi) is 3.84. The molecule has 2 rings (SSSR count). The van der Waals surface area contributed by atoms with E-state index in [1.807, 2.05) is 6.07 Å². The topological polar surface area (TPSA) is 74.6 Å². The SMILES string of the molecule is O=C(O)CCSC1=CC(O)C(=O)c2ccccc21. The Balaban J connectivity index is 2.22. The number of hydrogen-bond acceptors (Lipinski definition) is 4. The molecule has 0 heterocycles. The molecular formula is C13H12O4S. The zero-order valence-electron chi connectivity index (χ0n) is 9.50. The van der Waals surface area contributed by atoms with Gasteiger partial charge in [0.25, 0.3) is 0 Å². The van der Waals surface area contributed by atoms with Crippen molar-refractivity contribution in [3.8, 4) is 0 Å². The fraction of sp³-hybridized carbons (Fsp3) is 0.231. The van der Waals surface area contributed by atoms with Crippen LogP contribution >= 0.6 is 11.8 Å². The molecule has 0 saturated carbocycles. The average molecular weight is 264 g/mol. The Bertz CT molecular complexity index is 521. The van der Waals surface area contributed by atoms with Crippen LogP contribution in [0.25, 0.3) is 4.91 Å². The molecule has 2 N–H and O–H groups in total. The Morgan fingerprint density at radius 2 is 1.94 bits per heavy atom. The van der Waals surface area contributed by atoms with Gasteiger partial charge in [0.15, 0.2) is 5.78 Å². The third-order valence-electron chi connectivity index (χ3n) is 2.61. The molecule has 0 radical (unpaired) electrons. The summed E-state index contributed by atoms with van der Waals surface area (Å²) in [6, 6.07) is 7.04. The molecule has 1 aliphatic carbocycles. The minimum absolute atomic E-state index is 0.0498. The van der Waals surface area contributed by atoms with Crippen molar-refractivity contribution in [1.82, 2.24) is 0 Å². The molecule has 1 atom stereocenters. The van der Waals surface area contributed by atoms with Gasteiger partial charge < -0.3 is 10.2 Å². The number of thioether (sulfide) groups is 1. The first-order valence-corrected chi connectivity index (χ1v) is 6.46. The maximum absolute atomic E-state index is 11.7. The molecule has 0 fully saturated rings. The second-order valence-corrected chi connectivity index (χ2v) is 5.01. The molecule has 1 aromatic carbocycles. The maximum Gasteiger partial charge on any atom is 0.304 e. The second-order valence-electron chi connectivity index (χ2n) is 3.88. The van der Waals surface area contributed by atoms with Gasteiger partial charge in [-0.1, -0.05) is 24.3 Å². The van der Waals surface area contributed by atoms with Crippen LogP contribution in [0.3, 0.4) is 0 Å². The van der Waals surface area contributed by atoms with Crippen LogP contribution in [0.4, 0.5) is 0 Å². The summed E-state index contributed by atoms with van der Waals surface area (Å²) in [5.41, 5.74) is 1.26. The molecule has 4 nitrogen and oxygen atoms in total. The highest BCUT2D eigenvalue weighted by atomic mass is 32.2. The van der Waals surface area contributed by atoms with E-state index in [4.69, 9.17) is 5.11 Å². The van der Waals surface area contributed by atoms with Crippen molar-refractivity contribution in [3.05, 3.63) is 41.5 Å². The summed E-state index contributed by atoms with van der Waals surface area (Å²) in [5, 5.41) is 18.2. The van der Waals surface area contributed by atoms with Crippen LogP contribution in [0.1, 0.15) is 22.3 Å². The maximum atomic E-state index is 11.7. The highest BCUT2D eigenvalue weighted by Crippen LogP contribution is 2.34. The summed E-state index contributed by atoms with van der Waals surface area (Å²) in [6.07, 6.45) is 0.401. The average Bonchev–Trinajstić information content (AvgIpc) is 2.35. The molecule has 18 heavy (non-hydrogen) atoms. The molecular weight excluding hydrogens is 252 g/mol. The Labute approximate surface area is 108 Å². The predicted octanol–water partition coefficient (Wildman–Crippen LogP) is 1.79.